The maximum absolute atomic E-state index is 13.3. The Morgan fingerprint density at radius 2 is 1.67 bits per heavy atom. The number of likely N-dealkylation sites (tertiary alicyclic amines) is 1. The van der Waals surface area contributed by atoms with E-state index >= 15 is 0 Å². The van der Waals surface area contributed by atoms with E-state index in [2.05, 4.69) is 10.6 Å². The first kappa shape index (κ1) is 34.9. The summed E-state index contributed by atoms with van der Waals surface area (Å²) in [5.41, 5.74) is 0. The van der Waals surface area contributed by atoms with Gasteiger partial charge in [0.15, 0.2) is 0 Å². The molecule has 3 rings (SSSR count). The van der Waals surface area contributed by atoms with Gasteiger partial charge in [-0.05, 0) is 62.1 Å². The molecule has 1 aromatic rings. The number of hydrogen-bond acceptors (Lipinski definition) is 8. The van der Waals surface area contributed by atoms with Gasteiger partial charge < -0.3 is 25.0 Å². The molecule has 0 aliphatic carbocycles. The summed E-state index contributed by atoms with van der Waals surface area (Å²) < 4.78 is 37.7. The lowest BCUT2D eigenvalue weighted by Gasteiger charge is -2.32. The second-order valence-corrected chi connectivity index (χ2v) is 14.0. The number of nitrogens with zero attached hydrogens (tertiary/aromatic N) is 2. The predicted octanol–water partition coefficient (Wildman–Crippen LogP) is 3.21. The van der Waals surface area contributed by atoms with E-state index in [0.717, 1.165) is 4.31 Å². The maximum atomic E-state index is 13.3. The number of sulfonamides is 1. The molecule has 12 nitrogen and oxygen atoms in total. The number of methoxy groups -OCH3 is 1. The average Bonchev–Trinajstić information content (AvgIpc) is 3.47. The van der Waals surface area contributed by atoms with Gasteiger partial charge in [0.25, 0.3) is 0 Å². The molecule has 0 aromatic heterocycles. The number of piperidine rings is 1. The van der Waals surface area contributed by atoms with E-state index in [1.807, 2.05) is 13.8 Å². The van der Waals surface area contributed by atoms with Crippen LogP contribution in [0.15, 0.2) is 23.1 Å². The van der Waals surface area contributed by atoms with E-state index in [1.165, 1.54) is 25.3 Å². The Labute approximate surface area is 262 Å². The van der Waals surface area contributed by atoms with Crippen LogP contribution in [-0.4, -0.2) is 93.5 Å². The summed E-state index contributed by atoms with van der Waals surface area (Å²) in [7, 11) is -2.93. The number of rotatable bonds is 12. The molecule has 2 atom stereocenters. The number of amides is 3. The van der Waals surface area contributed by atoms with Crippen molar-refractivity contribution in [1.29, 1.82) is 0 Å². The summed E-state index contributed by atoms with van der Waals surface area (Å²) in [5.74, 6) is -1.10. The number of nitrogens with one attached hydrogen (secondary N) is 2. The van der Waals surface area contributed by atoms with E-state index in [4.69, 9.17) is 32.7 Å². The number of hydrogen-bond donors (Lipinski definition) is 2. The van der Waals surface area contributed by atoms with Gasteiger partial charge in [-0.25, -0.2) is 18.0 Å². The van der Waals surface area contributed by atoms with E-state index in [1.54, 1.807) is 4.90 Å². The number of carbonyl (C=O) groups excluding carboxylic acids is 4. The van der Waals surface area contributed by atoms with Crippen LogP contribution in [0.5, 0.6) is 0 Å². The van der Waals surface area contributed by atoms with Gasteiger partial charge in [0.05, 0.1) is 18.6 Å². The van der Waals surface area contributed by atoms with Crippen LogP contribution in [0.2, 0.25) is 10.0 Å². The third-order valence-electron chi connectivity index (χ3n) is 7.45. The summed E-state index contributed by atoms with van der Waals surface area (Å²) in [6.07, 6.45) is 1.63. The van der Waals surface area contributed by atoms with E-state index in [9.17, 15) is 27.6 Å². The minimum absolute atomic E-state index is 0.0101. The fourth-order valence-electron chi connectivity index (χ4n) is 5.10. The van der Waals surface area contributed by atoms with Gasteiger partial charge >= 0.3 is 12.1 Å². The first-order valence-corrected chi connectivity index (χ1v) is 16.6. The van der Waals surface area contributed by atoms with Gasteiger partial charge in [-0.2, -0.15) is 4.31 Å². The molecule has 0 spiro atoms. The Balaban J connectivity index is 1.53. The van der Waals surface area contributed by atoms with Gasteiger partial charge in [-0.15, -0.1) is 0 Å². The van der Waals surface area contributed by atoms with E-state index < -0.39 is 40.1 Å². The Bertz CT molecular complexity index is 1250. The molecule has 0 unspecified atom stereocenters. The molecule has 2 saturated heterocycles. The van der Waals surface area contributed by atoms with Crippen LogP contribution in [0.25, 0.3) is 0 Å². The number of ether oxygens (including phenoxy) is 2. The third-order valence-corrected chi connectivity index (χ3v) is 9.77. The van der Waals surface area contributed by atoms with Crippen LogP contribution in [0.1, 0.15) is 52.4 Å². The van der Waals surface area contributed by atoms with Crippen molar-refractivity contribution in [3.63, 3.8) is 0 Å². The molecule has 2 fully saturated rings. The summed E-state index contributed by atoms with van der Waals surface area (Å²) >= 11 is 12.0. The van der Waals surface area contributed by atoms with Crippen molar-refractivity contribution < 1.29 is 37.1 Å². The molecule has 0 radical (unpaired) electrons. The Morgan fingerprint density at radius 1 is 1.02 bits per heavy atom. The second kappa shape index (κ2) is 15.9. The first-order valence-electron chi connectivity index (χ1n) is 14.4. The molecule has 1 aromatic carbocycles. The molecule has 15 heteroatoms. The van der Waals surface area contributed by atoms with Crippen LogP contribution >= 0.6 is 23.2 Å². The molecule has 240 valence electrons. The van der Waals surface area contributed by atoms with Crippen LogP contribution in [0.3, 0.4) is 0 Å². The van der Waals surface area contributed by atoms with Crippen molar-refractivity contribution in [2.24, 2.45) is 11.8 Å². The highest BCUT2D eigenvalue weighted by Gasteiger charge is 2.41. The first-order chi connectivity index (χ1) is 20.3. The molecule has 3 amide bonds. The van der Waals surface area contributed by atoms with Crippen molar-refractivity contribution in [3.8, 4) is 0 Å². The normalized spacial score (nSPS) is 18.7. The second-order valence-electron chi connectivity index (χ2n) is 11.2. The Kier molecular flexibility index (Phi) is 12.9. The zero-order valence-electron chi connectivity index (χ0n) is 24.6. The number of esters is 1. The van der Waals surface area contributed by atoms with Crippen LogP contribution in [0, 0.1) is 11.8 Å². The van der Waals surface area contributed by atoms with E-state index in [0.29, 0.717) is 45.5 Å². The highest BCUT2D eigenvalue weighted by Crippen LogP contribution is 2.30. The fourth-order valence-corrected chi connectivity index (χ4v) is 7.48. The summed E-state index contributed by atoms with van der Waals surface area (Å²) in [6, 6.07) is 1.75. The van der Waals surface area contributed by atoms with Crippen molar-refractivity contribution in [2.45, 2.75) is 69.4 Å². The number of carbonyl (C=O) groups is 4. The van der Waals surface area contributed by atoms with E-state index in [-0.39, 0.29) is 58.5 Å². The lowest BCUT2D eigenvalue weighted by Crippen LogP contribution is -2.51. The topological polar surface area (TPSA) is 151 Å². The zero-order valence-corrected chi connectivity index (χ0v) is 27.0. The van der Waals surface area contributed by atoms with Crippen molar-refractivity contribution in [2.75, 3.05) is 39.9 Å². The molecule has 0 saturated carbocycles. The molecule has 2 N–H and O–H groups in total. The van der Waals surface area contributed by atoms with Crippen LogP contribution in [-0.2, 0) is 33.9 Å². The SMILES string of the molecule is COC(=O)[C@H](CCC(=O)N1CCC(CNC(=O)OCC(C)C)CC1)NC(=O)[C@@H]1CCCN1S(=O)(=O)c1cc(Cl)cc(Cl)c1. The van der Waals surface area contributed by atoms with Gasteiger partial charge in [0, 0.05) is 42.6 Å². The summed E-state index contributed by atoms with van der Waals surface area (Å²) in [5, 5.41) is 5.66. The summed E-state index contributed by atoms with van der Waals surface area (Å²) in [4.78, 5) is 52.1. The minimum atomic E-state index is -4.10. The Morgan fingerprint density at radius 3 is 2.28 bits per heavy atom. The van der Waals surface area contributed by atoms with Crippen molar-refractivity contribution in [1.82, 2.24) is 19.8 Å². The van der Waals surface area contributed by atoms with Gasteiger partial charge in [0.2, 0.25) is 21.8 Å². The molecule has 0 bridgehead atoms. The van der Waals surface area contributed by atoms with Crippen molar-refractivity contribution >= 4 is 57.1 Å². The predicted molar refractivity (Wildman–Crippen MR) is 160 cm³/mol. The largest absolute Gasteiger partial charge is 0.467 e. The summed E-state index contributed by atoms with van der Waals surface area (Å²) in [6.45, 7) is 5.84. The lowest BCUT2D eigenvalue weighted by atomic mass is 9.96. The Hall–Kier alpha value is -2.61. The zero-order chi connectivity index (χ0) is 31.7. The number of halogens is 2. The molecular weight excluding hydrogens is 623 g/mol. The average molecular weight is 664 g/mol. The van der Waals surface area contributed by atoms with Gasteiger partial charge in [-0.1, -0.05) is 37.0 Å². The van der Waals surface area contributed by atoms with Crippen molar-refractivity contribution in [3.05, 3.63) is 28.2 Å². The smallest absolute Gasteiger partial charge is 0.407 e. The number of benzene rings is 1. The van der Waals surface area contributed by atoms with Crippen LogP contribution in [0.4, 0.5) is 4.79 Å². The highest BCUT2D eigenvalue weighted by molar-refractivity contribution is 7.89. The van der Waals surface area contributed by atoms with Gasteiger partial charge in [-0.3, -0.25) is 9.59 Å². The molecule has 43 heavy (non-hydrogen) atoms. The standard InChI is InChI=1S/C28H40Cl2N4O8S/c1-18(2)17-42-28(38)31-16-19-8-11-33(12-9-19)25(35)7-6-23(27(37)41-3)32-26(36)24-5-4-10-34(24)43(39,40)22-14-20(29)13-21(30)15-22/h13-15,18-19,23-24H,4-12,16-17H2,1-3H3,(H,31,38)(H,32,36)/t23-,24-/m0/s1. The highest BCUT2D eigenvalue weighted by atomic mass is 35.5. The fraction of sp³-hybridized carbons (Fsp3) is 0.643. The maximum Gasteiger partial charge on any atom is 0.407 e. The number of alkyl carbamates (subject to hydrolysis) is 1. The minimum Gasteiger partial charge on any atom is -0.467 e. The molecular formula is C28H40Cl2N4O8S. The molecule has 2 aliphatic heterocycles. The van der Waals surface area contributed by atoms with Gasteiger partial charge in [0.1, 0.15) is 12.1 Å². The molecule has 2 aliphatic rings. The van der Waals surface area contributed by atoms with Crippen LogP contribution < -0.4 is 10.6 Å². The molecule has 2 heterocycles. The quantitative estimate of drug-likeness (QED) is 0.324. The lowest BCUT2D eigenvalue weighted by molar-refractivity contribution is -0.146. The third kappa shape index (κ3) is 9.95. The monoisotopic (exact) mass is 662 g/mol.